The predicted octanol–water partition coefficient (Wildman–Crippen LogP) is 4.68. The number of ether oxygens (including phenoxy) is 1. The summed E-state index contributed by atoms with van der Waals surface area (Å²) in [5.41, 5.74) is 5.22. The first-order valence-electron chi connectivity index (χ1n) is 8.42. The number of methoxy groups -OCH3 is 1. The molecule has 1 atom stereocenters. The van der Waals surface area contributed by atoms with Crippen LogP contribution < -0.4 is 10.2 Å². The Hall–Kier alpha value is -3.18. The third kappa shape index (κ3) is 3.17. The minimum absolute atomic E-state index is 0.247. The maximum Gasteiger partial charge on any atom is 0.274 e. The van der Waals surface area contributed by atoms with E-state index in [2.05, 4.69) is 5.43 Å². The van der Waals surface area contributed by atoms with Gasteiger partial charge in [-0.1, -0.05) is 35.9 Å². The summed E-state index contributed by atoms with van der Waals surface area (Å²) >= 11 is 6.24. The lowest BCUT2D eigenvalue weighted by Crippen LogP contribution is -2.39. The largest absolute Gasteiger partial charge is 0.496 e. The number of rotatable bonds is 4. The number of hydrazine groups is 1. The number of nitrogens with one attached hydrogen (secondary N) is 1. The van der Waals surface area contributed by atoms with Crippen molar-refractivity contribution >= 4 is 23.2 Å². The fraction of sp³-hybridized carbons (Fsp3) is 0.0952. The lowest BCUT2D eigenvalue weighted by atomic mass is 10.1. The molecule has 0 saturated carbocycles. The fourth-order valence-corrected chi connectivity index (χ4v) is 3.31. The molecule has 2 aromatic carbocycles. The van der Waals surface area contributed by atoms with Gasteiger partial charge in [0.25, 0.3) is 5.91 Å². The van der Waals surface area contributed by atoms with E-state index in [-0.39, 0.29) is 5.91 Å². The Morgan fingerprint density at radius 1 is 1.11 bits per heavy atom. The number of carbonyl (C=O) groups excluding carboxylic acids is 1. The molecule has 136 valence electrons. The van der Waals surface area contributed by atoms with Crippen LogP contribution in [0.5, 0.6) is 5.75 Å². The summed E-state index contributed by atoms with van der Waals surface area (Å²) in [7, 11) is 1.62. The van der Waals surface area contributed by atoms with Crippen LogP contribution in [0.25, 0.3) is 5.70 Å². The molecular weight excluding hydrogens is 364 g/mol. The monoisotopic (exact) mass is 380 g/mol. The molecule has 0 saturated heterocycles. The van der Waals surface area contributed by atoms with E-state index in [9.17, 15) is 4.79 Å². The summed E-state index contributed by atoms with van der Waals surface area (Å²) in [5.74, 6) is 1.11. The Labute approximate surface area is 161 Å². The zero-order valence-corrected chi connectivity index (χ0v) is 15.3. The number of halogens is 1. The van der Waals surface area contributed by atoms with Crippen molar-refractivity contribution in [3.8, 4) is 5.75 Å². The fourth-order valence-electron chi connectivity index (χ4n) is 3.10. The van der Waals surface area contributed by atoms with Gasteiger partial charge >= 0.3 is 0 Å². The zero-order valence-electron chi connectivity index (χ0n) is 14.6. The molecule has 2 heterocycles. The van der Waals surface area contributed by atoms with Gasteiger partial charge in [0.05, 0.1) is 29.7 Å². The maximum absolute atomic E-state index is 13.2. The van der Waals surface area contributed by atoms with Crippen LogP contribution in [0.1, 0.15) is 27.7 Å². The summed E-state index contributed by atoms with van der Waals surface area (Å²) < 4.78 is 11.0. The van der Waals surface area contributed by atoms with E-state index >= 15 is 0 Å². The van der Waals surface area contributed by atoms with Crippen LogP contribution in [0.3, 0.4) is 0 Å². The zero-order chi connectivity index (χ0) is 18.8. The second-order valence-electron chi connectivity index (χ2n) is 6.01. The normalized spacial score (nSPS) is 16.0. The SMILES string of the molecule is COc1ccccc1C1=CC(c2ccco2)N(C(=O)c2ccccc2Cl)N1. The van der Waals surface area contributed by atoms with Crippen LogP contribution in [0, 0.1) is 0 Å². The number of hydrogen-bond donors (Lipinski definition) is 1. The minimum atomic E-state index is -0.413. The van der Waals surface area contributed by atoms with Crippen molar-refractivity contribution < 1.29 is 13.9 Å². The summed E-state index contributed by atoms with van der Waals surface area (Å²) in [6.07, 6.45) is 3.52. The molecule has 0 spiro atoms. The molecule has 27 heavy (non-hydrogen) atoms. The molecule has 0 bridgehead atoms. The Morgan fingerprint density at radius 3 is 2.63 bits per heavy atom. The third-order valence-corrected chi connectivity index (χ3v) is 4.73. The standard InChI is InChI=1S/C21H17ClN2O3/c1-26-19-10-5-3-8-15(19)17-13-18(20-11-6-12-27-20)24(23-17)21(25)14-7-2-4-9-16(14)22/h2-13,18,23H,1H3. The second kappa shape index (κ2) is 7.21. The van der Waals surface area contributed by atoms with Crippen molar-refractivity contribution in [1.29, 1.82) is 0 Å². The van der Waals surface area contributed by atoms with Crippen molar-refractivity contribution in [2.45, 2.75) is 6.04 Å². The van der Waals surface area contributed by atoms with E-state index in [1.54, 1.807) is 43.7 Å². The summed E-state index contributed by atoms with van der Waals surface area (Å²) in [6.45, 7) is 0. The van der Waals surface area contributed by atoms with E-state index in [1.807, 2.05) is 36.4 Å². The van der Waals surface area contributed by atoms with Crippen molar-refractivity contribution in [3.63, 3.8) is 0 Å². The molecule has 1 aliphatic rings. The number of benzene rings is 2. The lowest BCUT2D eigenvalue weighted by Gasteiger charge is -2.24. The van der Waals surface area contributed by atoms with Crippen LogP contribution in [-0.4, -0.2) is 18.0 Å². The van der Waals surface area contributed by atoms with Gasteiger partial charge in [-0.3, -0.25) is 10.2 Å². The molecule has 1 amide bonds. The molecule has 1 aromatic heterocycles. The number of amides is 1. The van der Waals surface area contributed by atoms with Gasteiger partial charge in [0.1, 0.15) is 17.6 Å². The first-order chi connectivity index (χ1) is 13.2. The van der Waals surface area contributed by atoms with Crippen molar-refractivity contribution in [2.75, 3.05) is 7.11 Å². The highest BCUT2D eigenvalue weighted by atomic mass is 35.5. The lowest BCUT2D eigenvalue weighted by molar-refractivity contribution is 0.0655. The molecule has 1 aliphatic heterocycles. The van der Waals surface area contributed by atoms with Crippen LogP contribution in [-0.2, 0) is 0 Å². The van der Waals surface area contributed by atoms with Crippen LogP contribution in [0.4, 0.5) is 0 Å². The van der Waals surface area contributed by atoms with Gasteiger partial charge in [0.15, 0.2) is 0 Å². The molecular formula is C21H17ClN2O3. The smallest absolute Gasteiger partial charge is 0.274 e. The Bertz CT molecular complexity index is 998. The molecule has 0 fully saturated rings. The van der Waals surface area contributed by atoms with E-state index in [0.717, 1.165) is 11.3 Å². The molecule has 1 N–H and O–H groups in total. The Morgan fingerprint density at radius 2 is 1.89 bits per heavy atom. The number of furan rings is 1. The predicted molar refractivity (Wildman–Crippen MR) is 103 cm³/mol. The molecule has 1 unspecified atom stereocenters. The highest BCUT2D eigenvalue weighted by Crippen LogP contribution is 2.36. The van der Waals surface area contributed by atoms with E-state index in [0.29, 0.717) is 22.1 Å². The van der Waals surface area contributed by atoms with Crippen LogP contribution >= 0.6 is 11.6 Å². The van der Waals surface area contributed by atoms with Crippen molar-refractivity contribution in [3.05, 3.63) is 94.9 Å². The highest BCUT2D eigenvalue weighted by Gasteiger charge is 2.34. The van der Waals surface area contributed by atoms with Gasteiger partial charge in [-0.15, -0.1) is 0 Å². The van der Waals surface area contributed by atoms with Gasteiger partial charge in [-0.05, 0) is 42.5 Å². The first kappa shape index (κ1) is 17.2. The summed E-state index contributed by atoms with van der Waals surface area (Å²) in [6, 6.07) is 17.8. The highest BCUT2D eigenvalue weighted by molar-refractivity contribution is 6.33. The average molecular weight is 381 g/mol. The number of para-hydroxylation sites is 1. The third-order valence-electron chi connectivity index (χ3n) is 4.40. The van der Waals surface area contributed by atoms with E-state index in [4.69, 9.17) is 20.8 Å². The van der Waals surface area contributed by atoms with Crippen LogP contribution in [0.2, 0.25) is 5.02 Å². The molecule has 0 aliphatic carbocycles. The topological polar surface area (TPSA) is 54.7 Å². The molecule has 6 heteroatoms. The minimum Gasteiger partial charge on any atom is -0.496 e. The van der Waals surface area contributed by atoms with Gasteiger partial charge in [-0.2, -0.15) is 0 Å². The number of carbonyl (C=O) groups is 1. The molecule has 5 nitrogen and oxygen atoms in total. The Balaban J connectivity index is 1.74. The second-order valence-corrected chi connectivity index (χ2v) is 6.41. The number of hydrogen-bond acceptors (Lipinski definition) is 4. The first-order valence-corrected chi connectivity index (χ1v) is 8.80. The van der Waals surface area contributed by atoms with Crippen molar-refractivity contribution in [1.82, 2.24) is 10.4 Å². The maximum atomic E-state index is 13.2. The van der Waals surface area contributed by atoms with Gasteiger partial charge in [0.2, 0.25) is 0 Å². The summed E-state index contributed by atoms with van der Waals surface area (Å²) in [5, 5.41) is 1.91. The van der Waals surface area contributed by atoms with E-state index in [1.165, 1.54) is 5.01 Å². The van der Waals surface area contributed by atoms with Gasteiger partial charge < -0.3 is 9.15 Å². The molecule has 4 rings (SSSR count). The number of nitrogens with zero attached hydrogens (tertiary/aromatic N) is 1. The summed E-state index contributed by atoms with van der Waals surface area (Å²) in [4.78, 5) is 13.2. The van der Waals surface area contributed by atoms with Gasteiger partial charge in [-0.25, -0.2) is 5.01 Å². The average Bonchev–Trinajstić information content (AvgIpc) is 3.37. The quantitative estimate of drug-likeness (QED) is 0.713. The van der Waals surface area contributed by atoms with Crippen molar-refractivity contribution in [2.24, 2.45) is 0 Å². The van der Waals surface area contributed by atoms with Crippen LogP contribution in [0.15, 0.2) is 77.4 Å². The van der Waals surface area contributed by atoms with E-state index < -0.39 is 6.04 Å². The van der Waals surface area contributed by atoms with Gasteiger partial charge in [0, 0.05) is 5.56 Å². The molecule has 3 aromatic rings. The molecule has 0 radical (unpaired) electrons. The Kier molecular flexibility index (Phi) is 4.60.